The van der Waals surface area contributed by atoms with Crippen LogP contribution in [0.1, 0.15) is 0 Å². The summed E-state index contributed by atoms with van der Waals surface area (Å²) < 4.78 is 66.4. The number of rotatable bonds is 4. The molecule has 0 saturated carbocycles. The van der Waals surface area contributed by atoms with Crippen LogP contribution in [0.2, 0.25) is 0 Å². The average Bonchev–Trinajstić information content (AvgIpc) is 2.98. The normalized spacial score (nSPS) is 12.4. The second-order valence-electron chi connectivity index (χ2n) is 10.1. The van der Waals surface area contributed by atoms with E-state index in [1.54, 1.807) is 18.2 Å². The van der Waals surface area contributed by atoms with Gasteiger partial charge in [0.15, 0.2) is 0 Å². The number of hydrogen-bond donors (Lipinski definition) is 0. The van der Waals surface area contributed by atoms with Gasteiger partial charge in [0.2, 0.25) is 0 Å². The molecule has 0 saturated heterocycles. The van der Waals surface area contributed by atoms with Crippen LogP contribution in [0.4, 0.5) is 13.2 Å². The number of hydrogen-bond acceptors (Lipinski definition) is 3. The third-order valence-corrected chi connectivity index (χ3v) is 8.56. The van der Waals surface area contributed by atoms with Gasteiger partial charge in [-0.25, -0.2) is 0 Å². The Labute approximate surface area is 239 Å². The lowest BCUT2D eigenvalue weighted by Crippen LogP contribution is -2.28. The zero-order valence-corrected chi connectivity index (χ0v) is 22.7. The Morgan fingerprint density at radius 3 is 1.71 bits per heavy atom. The first-order valence-corrected chi connectivity index (χ1v) is 14.6. The van der Waals surface area contributed by atoms with Gasteiger partial charge in [0.05, 0.1) is 0 Å². The first-order valence-electron chi connectivity index (χ1n) is 13.2. The molecule has 0 spiro atoms. The molecule has 0 aromatic heterocycles. The van der Waals surface area contributed by atoms with Crippen molar-refractivity contribution in [2.45, 2.75) is 5.51 Å². The Balaban J connectivity index is 1.49. The van der Waals surface area contributed by atoms with Gasteiger partial charge in [-0.1, -0.05) is 109 Å². The van der Waals surface area contributed by atoms with Crippen molar-refractivity contribution >= 4 is 53.2 Å². The van der Waals surface area contributed by atoms with E-state index in [9.17, 15) is 21.6 Å². The number of benzene rings is 7. The smallest absolute Gasteiger partial charge is 0.376 e. The fourth-order valence-corrected chi connectivity index (χ4v) is 6.23. The summed E-state index contributed by atoms with van der Waals surface area (Å²) in [5, 5.41) is 7.78. The van der Waals surface area contributed by atoms with Crippen molar-refractivity contribution in [1.82, 2.24) is 0 Å². The van der Waals surface area contributed by atoms with Crippen LogP contribution in [-0.4, -0.2) is 13.9 Å². The zero-order chi connectivity index (χ0) is 29.1. The Kier molecular flexibility index (Phi) is 5.95. The van der Waals surface area contributed by atoms with Crippen LogP contribution in [0.25, 0.3) is 65.3 Å². The number of halogens is 3. The molecule has 7 aromatic carbocycles. The Morgan fingerprint density at radius 2 is 1.07 bits per heavy atom. The highest BCUT2D eigenvalue weighted by atomic mass is 32.2. The lowest BCUT2D eigenvalue weighted by atomic mass is 9.84. The monoisotopic (exact) mass is 578 g/mol. The van der Waals surface area contributed by atoms with E-state index in [4.69, 9.17) is 0 Å². The molecule has 0 aliphatic rings. The maximum atomic E-state index is 12.9. The minimum atomic E-state index is -5.78. The molecule has 42 heavy (non-hydrogen) atoms. The molecule has 0 unspecified atom stereocenters. The second kappa shape index (κ2) is 9.60. The summed E-state index contributed by atoms with van der Waals surface area (Å²) in [5.74, 6) is -0.404. The lowest BCUT2D eigenvalue weighted by molar-refractivity contribution is -0.0500. The SMILES string of the molecule is O=S(=O)(Oc1ccc2c(-c3c4ccccc4c(-c4ccc5ccccc5c4)c4ccccc34)cccc2c1)C(F)(F)F. The van der Waals surface area contributed by atoms with Gasteiger partial charge in [0.25, 0.3) is 0 Å². The summed E-state index contributed by atoms with van der Waals surface area (Å²) in [6.07, 6.45) is 0. The largest absolute Gasteiger partial charge is 0.534 e. The minimum absolute atomic E-state index is 0.404. The van der Waals surface area contributed by atoms with E-state index in [-0.39, 0.29) is 0 Å². The maximum absolute atomic E-state index is 12.9. The van der Waals surface area contributed by atoms with E-state index >= 15 is 0 Å². The molecule has 206 valence electrons. The molecule has 0 radical (unpaired) electrons. The van der Waals surface area contributed by atoms with Crippen LogP contribution in [0.5, 0.6) is 5.75 Å². The van der Waals surface area contributed by atoms with Crippen LogP contribution < -0.4 is 4.18 Å². The van der Waals surface area contributed by atoms with E-state index < -0.39 is 21.4 Å². The number of alkyl halides is 3. The molecule has 7 rings (SSSR count). The van der Waals surface area contributed by atoms with Gasteiger partial charge < -0.3 is 4.18 Å². The quantitative estimate of drug-likeness (QED) is 0.119. The average molecular weight is 579 g/mol. The first kappa shape index (κ1) is 26.0. The van der Waals surface area contributed by atoms with E-state index in [1.165, 1.54) is 12.1 Å². The van der Waals surface area contributed by atoms with Crippen molar-refractivity contribution in [2.24, 2.45) is 0 Å². The van der Waals surface area contributed by atoms with Crippen molar-refractivity contribution in [1.29, 1.82) is 0 Å². The van der Waals surface area contributed by atoms with Gasteiger partial charge >= 0.3 is 15.6 Å². The predicted molar refractivity (Wildman–Crippen MR) is 163 cm³/mol. The Hall–Kier alpha value is -4.88. The highest BCUT2D eigenvalue weighted by molar-refractivity contribution is 7.88. The van der Waals surface area contributed by atoms with E-state index in [0.717, 1.165) is 60.0 Å². The third kappa shape index (κ3) is 4.25. The minimum Gasteiger partial charge on any atom is -0.376 e. The molecular formula is C35H21F3O3S. The van der Waals surface area contributed by atoms with Gasteiger partial charge in [-0.05, 0) is 83.5 Å². The van der Waals surface area contributed by atoms with Gasteiger partial charge in [-0.2, -0.15) is 21.6 Å². The molecule has 0 N–H and O–H groups in total. The predicted octanol–water partition coefficient (Wildman–Crippen LogP) is 9.86. The van der Waals surface area contributed by atoms with Crippen LogP contribution in [0, 0.1) is 0 Å². The summed E-state index contributed by atoms with van der Waals surface area (Å²) in [5.41, 5.74) is -1.46. The van der Waals surface area contributed by atoms with E-state index in [2.05, 4.69) is 58.8 Å². The summed E-state index contributed by atoms with van der Waals surface area (Å²) >= 11 is 0. The molecule has 0 aliphatic carbocycles. The lowest BCUT2D eigenvalue weighted by Gasteiger charge is -2.19. The van der Waals surface area contributed by atoms with Gasteiger partial charge in [-0.3, -0.25) is 0 Å². The first-order chi connectivity index (χ1) is 20.2. The van der Waals surface area contributed by atoms with E-state index in [1.807, 2.05) is 42.5 Å². The summed E-state index contributed by atoms with van der Waals surface area (Å²) in [6.45, 7) is 0. The Morgan fingerprint density at radius 1 is 0.500 bits per heavy atom. The molecule has 0 atom stereocenters. The van der Waals surface area contributed by atoms with Crippen molar-refractivity contribution in [3.63, 3.8) is 0 Å². The van der Waals surface area contributed by atoms with Crippen LogP contribution in [0.3, 0.4) is 0 Å². The van der Waals surface area contributed by atoms with E-state index in [0.29, 0.717) is 5.39 Å². The van der Waals surface area contributed by atoms with Crippen molar-refractivity contribution in [2.75, 3.05) is 0 Å². The highest BCUT2D eigenvalue weighted by Gasteiger charge is 2.48. The zero-order valence-electron chi connectivity index (χ0n) is 21.9. The molecular weight excluding hydrogens is 557 g/mol. The summed E-state index contributed by atoms with van der Waals surface area (Å²) in [7, 11) is -5.78. The van der Waals surface area contributed by atoms with Gasteiger partial charge in [0.1, 0.15) is 5.75 Å². The maximum Gasteiger partial charge on any atom is 0.534 e. The van der Waals surface area contributed by atoms with Crippen LogP contribution in [0.15, 0.2) is 127 Å². The highest BCUT2D eigenvalue weighted by Crippen LogP contribution is 2.45. The summed E-state index contributed by atoms with van der Waals surface area (Å²) in [6, 6.07) is 40.8. The molecule has 0 bridgehead atoms. The fourth-order valence-electron chi connectivity index (χ4n) is 5.78. The van der Waals surface area contributed by atoms with Crippen molar-refractivity contribution < 1.29 is 25.8 Å². The third-order valence-electron chi connectivity index (χ3n) is 7.58. The molecule has 7 aromatic rings. The number of fused-ring (bicyclic) bond motifs is 4. The summed E-state index contributed by atoms with van der Waals surface area (Å²) in [4.78, 5) is 0. The van der Waals surface area contributed by atoms with Gasteiger partial charge in [0, 0.05) is 0 Å². The molecule has 7 heteroatoms. The second-order valence-corrected chi connectivity index (χ2v) is 11.6. The molecule has 0 aliphatic heterocycles. The van der Waals surface area contributed by atoms with Crippen LogP contribution >= 0.6 is 0 Å². The Bertz CT molecular complexity index is 2230. The standard InChI is InChI=1S/C35H21F3O3S/c36-35(37,38)42(39,40)41-26-18-19-27-24(21-26)10-7-15-28(27)34-31-13-5-3-11-29(31)33(30-12-4-6-14-32(30)34)25-17-16-22-8-1-2-9-23(22)20-25/h1-21H. The molecule has 3 nitrogen and oxygen atoms in total. The van der Waals surface area contributed by atoms with Crippen LogP contribution in [-0.2, 0) is 10.1 Å². The molecule has 0 amide bonds. The van der Waals surface area contributed by atoms with Crippen molar-refractivity contribution in [3.05, 3.63) is 127 Å². The topological polar surface area (TPSA) is 43.4 Å². The fraction of sp³-hybridized carbons (Fsp3) is 0.0286. The molecule has 0 fully saturated rings. The van der Waals surface area contributed by atoms with Crippen molar-refractivity contribution in [3.8, 4) is 28.0 Å². The molecule has 0 heterocycles. The van der Waals surface area contributed by atoms with Gasteiger partial charge in [-0.15, -0.1) is 0 Å².